The molecule has 2 aromatic carbocycles. The Labute approximate surface area is 237 Å². The summed E-state index contributed by atoms with van der Waals surface area (Å²) in [6.07, 6.45) is 0.159. The summed E-state index contributed by atoms with van der Waals surface area (Å²) < 4.78 is 25.8. The molecule has 3 rings (SSSR count). The number of halogens is 2. The maximum atomic E-state index is 14.2. The van der Waals surface area contributed by atoms with E-state index in [1.165, 1.54) is 19.5 Å². The predicted molar refractivity (Wildman–Crippen MR) is 156 cm³/mol. The SMILES string of the molecule is C=CC.CC.CC.COc1cc2c(Nc3ccc(Br)cc3F)ncnc2cc1OCC(O)CC(O)CC(=O)O. The Balaban J connectivity index is 0.00000189. The van der Waals surface area contributed by atoms with Crippen molar-refractivity contribution in [3.63, 3.8) is 0 Å². The number of rotatable bonds is 10. The van der Waals surface area contributed by atoms with Gasteiger partial charge in [-0.05, 0) is 31.2 Å². The van der Waals surface area contributed by atoms with Gasteiger partial charge in [0.2, 0.25) is 0 Å². The van der Waals surface area contributed by atoms with Crippen LogP contribution >= 0.6 is 15.9 Å². The Morgan fingerprint density at radius 2 is 1.77 bits per heavy atom. The second-order valence-corrected chi connectivity index (χ2v) is 8.27. The van der Waals surface area contributed by atoms with E-state index in [2.05, 4.69) is 37.8 Å². The number of carbonyl (C=O) groups is 1. The van der Waals surface area contributed by atoms with Crippen LogP contribution in [0.15, 0.2) is 53.8 Å². The minimum Gasteiger partial charge on any atom is -0.493 e. The molecule has 4 N–H and O–H groups in total. The first kappa shape index (κ1) is 35.7. The van der Waals surface area contributed by atoms with Crippen molar-refractivity contribution in [2.45, 2.75) is 59.7 Å². The summed E-state index contributed by atoms with van der Waals surface area (Å²) >= 11 is 3.21. The van der Waals surface area contributed by atoms with Crippen LogP contribution in [0.2, 0.25) is 0 Å². The molecule has 1 aromatic heterocycles. The summed E-state index contributed by atoms with van der Waals surface area (Å²) in [5, 5.41) is 31.9. The molecule has 0 amide bonds. The average Bonchev–Trinajstić information content (AvgIpc) is 2.91. The van der Waals surface area contributed by atoms with Crippen molar-refractivity contribution < 1.29 is 34.0 Å². The molecule has 2 atom stereocenters. The smallest absolute Gasteiger partial charge is 0.305 e. The predicted octanol–water partition coefficient (Wildman–Crippen LogP) is 6.49. The van der Waals surface area contributed by atoms with E-state index >= 15 is 0 Å². The average molecular weight is 613 g/mol. The number of ether oxygens (including phenoxy) is 2. The highest BCUT2D eigenvalue weighted by Crippen LogP contribution is 2.35. The topological polar surface area (TPSA) is 134 Å². The molecule has 2 unspecified atom stereocenters. The minimum absolute atomic E-state index is 0.156. The highest BCUT2D eigenvalue weighted by atomic mass is 79.9. The Morgan fingerprint density at radius 3 is 2.33 bits per heavy atom. The van der Waals surface area contributed by atoms with Crippen LogP contribution in [0.5, 0.6) is 11.5 Å². The molecule has 0 bridgehead atoms. The van der Waals surface area contributed by atoms with Crippen molar-refractivity contribution in [1.82, 2.24) is 9.97 Å². The molecule has 0 saturated carbocycles. The van der Waals surface area contributed by atoms with Crippen molar-refractivity contribution in [3.05, 3.63) is 59.6 Å². The molecule has 39 heavy (non-hydrogen) atoms. The standard InChI is InChI=1S/C21H21BrFN3O6.C3H6.2C2H6/c1-31-18-7-14-17(8-19(18)32-9-13(28)5-12(27)6-20(29)30)24-10-25-21(14)26-16-3-2-11(22)4-15(16)23;1-3-2;2*1-2/h2-4,7-8,10,12-13,27-28H,5-6,9H2,1H3,(H,29,30)(H,24,25,26);3H,1H2,2H3;2*1-2H3. The van der Waals surface area contributed by atoms with Crippen LogP contribution in [0, 0.1) is 5.82 Å². The minimum atomic E-state index is -1.19. The van der Waals surface area contributed by atoms with E-state index in [-0.39, 0.29) is 24.5 Å². The van der Waals surface area contributed by atoms with Gasteiger partial charge >= 0.3 is 5.97 Å². The molecule has 0 radical (unpaired) electrons. The summed E-state index contributed by atoms with van der Waals surface area (Å²) in [4.78, 5) is 19.0. The lowest BCUT2D eigenvalue weighted by atomic mass is 10.1. The quantitative estimate of drug-likeness (QED) is 0.190. The van der Waals surface area contributed by atoms with E-state index in [0.29, 0.717) is 26.9 Å². The number of hydrogen-bond acceptors (Lipinski definition) is 8. The second-order valence-electron chi connectivity index (χ2n) is 7.35. The fourth-order valence-corrected chi connectivity index (χ4v) is 3.34. The van der Waals surface area contributed by atoms with Gasteiger partial charge in [0.15, 0.2) is 11.5 Å². The highest BCUT2D eigenvalue weighted by Gasteiger charge is 2.18. The van der Waals surface area contributed by atoms with E-state index in [1.54, 1.807) is 30.3 Å². The number of aliphatic carboxylic acids is 1. The van der Waals surface area contributed by atoms with E-state index in [4.69, 9.17) is 14.6 Å². The maximum Gasteiger partial charge on any atom is 0.305 e. The monoisotopic (exact) mass is 611 g/mol. The van der Waals surface area contributed by atoms with E-state index in [1.807, 2.05) is 34.6 Å². The van der Waals surface area contributed by atoms with Crippen molar-refractivity contribution in [3.8, 4) is 11.5 Å². The summed E-state index contributed by atoms with van der Waals surface area (Å²) in [6, 6.07) is 7.80. The zero-order chi connectivity index (χ0) is 30.0. The first-order chi connectivity index (χ1) is 18.7. The van der Waals surface area contributed by atoms with Crippen LogP contribution in [-0.2, 0) is 4.79 Å². The Hall–Kier alpha value is -3.28. The lowest BCUT2D eigenvalue weighted by Crippen LogP contribution is -2.25. The van der Waals surface area contributed by atoms with Crippen molar-refractivity contribution in [2.75, 3.05) is 19.0 Å². The third-order valence-electron chi connectivity index (χ3n) is 4.49. The zero-order valence-electron chi connectivity index (χ0n) is 23.2. The number of fused-ring (bicyclic) bond motifs is 1. The Bertz CT molecular complexity index is 1170. The van der Waals surface area contributed by atoms with Gasteiger partial charge in [-0.15, -0.1) is 6.58 Å². The van der Waals surface area contributed by atoms with Crippen LogP contribution in [0.1, 0.15) is 47.5 Å². The number of aliphatic hydroxyl groups is 2. The Morgan fingerprint density at radius 1 is 1.13 bits per heavy atom. The summed E-state index contributed by atoms with van der Waals surface area (Å²) in [5.74, 6) is -0.653. The number of nitrogens with zero attached hydrogens (tertiary/aromatic N) is 2. The van der Waals surface area contributed by atoms with Crippen molar-refractivity contribution in [2.24, 2.45) is 0 Å². The van der Waals surface area contributed by atoms with E-state index in [9.17, 15) is 19.4 Å². The van der Waals surface area contributed by atoms with Crippen LogP contribution < -0.4 is 14.8 Å². The fraction of sp³-hybridized carbons (Fsp3) is 0.393. The van der Waals surface area contributed by atoms with Crippen LogP contribution in [0.25, 0.3) is 10.9 Å². The Kier molecular flexibility index (Phi) is 18.1. The molecule has 0 aliphatic rings. The fourth-order valence-electron chi connectivity index (χ4n) is 3.01. The van der Waals surface area contributed by atoms with E-state index in [0.717, 1.165) is 0 Å². The van der Waals surface area contributed by atoms with Gasteiger partial charge in [0.05, 0.1) is 36.9 Å². The van der Waals surface area contributed by atoms with Crippen LogP contribution in [0.4, 0.5) is 15.9 Å². The third kappa shape index (κ3) is 12.4. The zero-order valence-corrected chi connectivity index (χ0v) is 24.8. The van der Waals surface area contributed by atoms with Gasteiger partial charge in [0.1, 0.15) is 24.6 Å². The number of carboxylic acid groups (broad SMARTS) is 1. The molecule has 0 spiro atoms. The molecule has 0 aliphatic carbocycles. The largest absolute Gasteiger partial charge is 0.493 e. The molecule has 0 fully saturated rings. The van der Waals surface area contributed by atoms with Gasteiger partial charge in [0.25, 0.3) is 0 Å². The number of nitrogens with one attached hydrogen (secondary N) is 1. The molecular formula is C28H39BrFN3O6. The molecule has 0 aliphatic heterocycles. The molecule has 216 valence electrons. The molecular weight excluding hydrogens is 573 g/mol. The van der Waals surface area contributed by atoms with Gasteiger partial charge in [-0.3, -0.25) is 4.79 Å². The first-order valence-corrected chi connectivity index (χ1v) is 13.3. The van der Waals surface area contributed by atoms with Crippen molar-refractivity contribution in [1.29, 1.82) is 0 Å². The molecule has 1 heterocycles. The summed E-state index contributed by atoms with van der Waals surface area (Å²) in [7, 11) is 1.44. The summed E-state index contributed by atoms with van der Waals surface area (Å²) in [6.45, 7) is 13.1. The second kappa shape index (κ2) is 19.7. The highest BCUT2D eigenvalue weighted by molar-refractivity contribution is 9.10. The number of aliphatic hydroxyl groups excluding tert-OH is 2. The van der Waals surface area contributed by atoms with Gasteiger partial charge in [-0.2, -0.15) is 0 Å². The van der Waals surface area contributed by atoms with E-state index < -0.39 is 30.4 Å². The number of benzene rings is 2. The van der Waals surface area contributed by atoms with Crippen molar-refractivity contribution >= 4 is 44.3 Å². The number of methoxy groups -OCH3 is 1. The molecule has 11 heteroatoms. The lowest BCUT2D eigenvalue weighted by Gasteiger charge is -2.17. The van der Waals surface area contributed by atoms with Gasteiger partial charge in [0, 0.05) is 22.3 Å². The molecule has 0 saturated heterocycles. The van der Waals surface area contributed by atoms with Gasteiger partial charge < -0.3 is 30.1 Å². The summed E-state index contributed by atoms with van der Waals surface area (Å²) in [5.41, 5.74) is 0.715. The van der Waals surface area contributed by atoms with Crippen LogP contribution in [-0.4, -0.2) is 57.2 Å². The normalized spacial score (nSPS) is 11.2. The number of hydrogen-bond donors (Lipinski definition) is 4. The third-order valence-corrected chi connectivity index (χ3v) is 4.98. The van der Waals surface area contributed by atoms with Gasteiger partial charge in [-0.1, -0.05) is 49.7 Å². The van der Waals surface area contributed by atoms with Gasteiger partial charge in [-0.25, -0.2) is 14.4 Å². The first-order valence-electron chi connectivity index (χ1n) is 12.5. The molecule has 3 aromatic rings. The number of allylic oxidation sites excluding steroid dienone is 1. The van der Waals surface area contributed by atoms with Crippen LogP contribution in [0.3, 0.4) is 0 Å². The number of aromatic nitrogens is 2. The lowest BCUT2D eigenvalue weighted by molar-refractivity contribution is -0.139. The molecule has 9 nitrogen and oxygen atoms in total. The maximum absolute atomic E-state index is 14.2. The number of carboxylic acids is 1. The number of anilines is 2.